The number of carbonyl (C=O) groups excluding carboxylic acids is 2. The van der Waals surface area contributed by atoms with Crippen molar-refractivity contribution in [2.45, 2.75) is 44.9 Å². The first-order chi connectivity index (χ1) is 7.64. The zero-order chi connectivity index (χ0) is 13.3. The molecule has 1 aliphatic heterocycles. The number of rotatable bonds is 1. The van der Waals surface area contributed by atoms with Crippen LogP contribution in [0.3, 0.4) is 0 Å². The largest absolute Gasteiger partial charge is 1.00 e. The van der Waals surface area contributed by atoms with Gasteiger partial charge < -0.3 is 19.5 Å². The predicted molar refractivity (Wildman–Crippen MR) is 55.9 cm³/mol. The van der Waals surface area contributed by atoms with Crippen molar-refractivity contribution in [1.29, 1.82) is 0 Å². The maximum Gasteiger partial charge on any atom is 1.00 e. The molecule has 1 fully saturated rings. The van der Waals surface area contributed by atoms with Gasteiger partial charge in [-0.1, -0.05) is 0 Å². The minimum absolute atomic E-state index is 0. The van der Waals surface area contributed by atoms with Crippen LogP contribution in [0.5, 0.6) is 0 Å². The molecule has 0 atom stereocenters. The van der Waals surface area contributed by atoms with E-state index >= 15 is 0 Å². The number of carbonyl (C=O) groups is 2. The van der Waals surface area contributed by atoms with Gasteiger partial charge in [0.2, 0.25) is 5.67 Å². The van der Waals surface area contributed by atoms with Gasteiger partial charge in [0.25, 0.3) is 0 Å². The first-order valence-electron chi connectivity index (χ1n) is 5.52. The molecule has 98 valence electrons. The second-order valence-electron chi connectivity index (χ2n) is 5.22. The number of likely N-dealkylation sites (tertiary alicyclic amines) is 1. The van der Waals surface area contributed by atoms with E-state index in [4.69, 9.17) is 4.74 Å². The molecule has 1 heterocycles. The molecule has 0 radical (unpaired) electrons. The number of alkyl halides is 1. The van der Waals surface area contributed by atoms with Crippen LogP contribution < -0.4 is 24.0 Å². The number of nitrogens with zero attached hydrogens (tertiary/aromatic N) is 1. The molecule has 0 aromatic carbocycles. The number of hydrogen-bond donors (Lipinski definition) is 0. The van der Waals surface area contributed by atoms with Gasteiger partial charge in [-0.15, -0.1) is 0 Å². The van der Waals surface area contributed by atoms with Gasteiger partial charge in [0, 0.05) is 25.9 Å². The molecule has 1 amide bonds. The average Bonchev–Trinajstić information content (AvgIpc) is 2.15. The Morgan fingerprint density at radius 1 is 1.28 bits per heavy atom. The fraction of sp³-hybridized carbons (Fsp3) is 0.818. The van der Waals surface area contributed by atoms with E-state index in [9.17, 15) is 19.1 Å². The number of halogens is 1. The molecule has 5 nitrogen and oxygen atoms in total. The average molecular weight is 253 g/mol. The molecule has 0 aliphatic carbocycles. The number of esters is 1. The van der Waals surface area contributed by atoms with Gasteiger partial charge in [0.15, 0.2) is 0 Å². The molecule has 0 unspecified atom stereocenters. The Balaban J connectivity index is 0.00000289. The van der Waals surface area contributed by atoms with Gasteiger partial charge >= 0.3 is 24.8 Å². The summed E-state index contributed by atoms with van der Waals surface area (Å²) in [6.07, 6.45) is -1.71. The van der Waals surface area contributed by atoms with Crippen molar-refractivity contribution in [3.05, 3.63) is 0 Å². The number of amides is 1. The van der Waals surface area contributed by atoms with Crippen molar-refractivity contribution < 1.29 is 42.7 Å². The molecular weight excluding hydrogens is 236 g/mol. The standard InChI is InChI=1S/C11H18FNO4.Li/c1-10(2,3)17-8(14)11(12)4-6-13(7-5-11)9(15)16;/h4-7H2,1-3H3,(H,15,16);/q;+1/p-1. The summed E-state index contributed by atoms with van der Waals surface area (Å²) in [5.74, 6) is -0.914. The Bertz CT molecular complexity index is 321. The predicted octanol–water partition coefficient (Wildman–Crippen LogP) is -2.52. The van der Waals surface area contributed by atoms with Crippen molar-refractivity contribution in [3.63, 3.8) is 0 Å². The minimum Gasteiger partial charge on any atom is -0.530 e. The third kappa shape index (κ3) is 4.50. The van der Waals surface area contributed by atoms with Gasteiger partial charge in [-0.2, -0.15) is 0 Å². The smallest absolute Gasteiger partial charge is 0.530 e. The molecule has 0 bridgehead atoms. The molecular formula is C11H17FLiNO4. The Hall–Kier alpha value is -0.733. The second-order valence-corrected chi connectivity index (χ2v) is 5.22. The van der Waals surface area contributed by atoms with E-state index in [1.807, 2.05) is 0 Å². The zero-order valence-electron chi connectivity index (χ0n) is 11.3. The zero-order valence-corrected chi connectivity index (χ0v) is 11.3. The number of hydrogen-bond acceptors (Lipinski definition) is 4. The summed E-state index contributed by atoms with van der Waals surface area (Å²) in [7, 11) is 0. The third-order valence-corrected chi connectivity index (χ3v) is 2.58. The molecule has 7 heteroatoms. The SMILES string of the molecule is CC(C)(C)OC(=O)C1(F)CCN(C(=O)[O-])CC1.[Li+]. The number of piperidine rings is 1. The Morgan fingerprint density at radius 2 is 1.72 bits per heavy atom. The van der Waals surface area contributed by atoms with E-state index in [1.54, 1.807) is 20.8 Å². The molecule has 0 N–H and O–H groups in total. The van der Waals surface area contributed by atoms with E-state index in [2.05, 4.69) is 0 Å². The first-order valence-corrected chi connectivity index (χ1v) is 5.52. The maximum atomic E-state index is 14.2. The van der Waals surface area contributed by atoms with Gasteiger partial charge in [0.05, 0.1) is 0 Å². The van der Waals surface area contributed by atoms with Gasteiger partial charge in [-0.3, -0.25) is 0 Å². The van der Waals surface area contributed by atoms with E-state index in [0.717, 1.165) is 4.90 Å². The van der Waals surface area contributed by atoms with E-state index in [1.165, 1.54) is 0 Å². The molecule has 0 aromatic heterocycles. The molecule has 18 heavy (non-hydrogen) atoms. The fourth-order valence-corrected chi connectivity index (χ4v) is 1.62. The summed E-state index contributed by atoms with van der Waals surface area (Å²) in [5.41, 5.74) is -2.83. The third-order valence-electron chi connectivity index (χ3n) is 2.58. The minimum atomic E-state index is -2.08. The van der Waals surface area contributed by atoms with Gasteiger partial charge in [0.1, 0.15) is 11.7 Å². The van der Waals surface area contributed by atoms with Crippen LogP contribution in [0.2, 0.25) is 0 Å². The summed E-state index contributed by atoms with van der Waals surface area (Å²) in [6.45, 7) is 4.88. The molecule has 0 saturated carbocycles. The summed E-state index contributed by atoms with van der Waals surface area (Å²) >= 11 is 0. The van der Waals surface area contributed by atoms with Crippen LogP contribution in [0.4, 0.5) is 9.18 Å². The number of carboxylic acid groups (broad SMARTS) is 1. The van der Waals surface area contributed by atoms with Crippen molar-refractivity contribution in [3.8, 4) is 0 Å². The monoisotopic (exact) mass is 253 g/mol. The van der Waals surface area contributed by atoms with Crippen LogP contribution in [0.15, 0.2) is 0 Å². The van der Waals surface area contributed by atoms with Crippen molar-refractivity contribution in [1.82, 2.24) is 4.90 Å². The first kappa shape index (κ1) is 17.3. The van der Waals surface area contributed by atoms with Gasteiger partial charge in [-0.05, 0) is 20.8 Å². The Labute approximate surface area is 118 Å². The van der Waals surface area contributed by atoms with Crippen LogP contribution in [0, 0.1) is 0 Å². The Morgan fingerprint density at radius 3 is 2.06 bits per heavy atom. The number of ether oxygens (including phenoxy) is 1. The molecule has 1 aliphatic rings. The maximum absolute atomic E-state index is 14.2. The van der Waals surface area contributed by atoms with Crippen molar-refractivity contribution >= 4 is 12.1 Å². The normalized spacial score (nSPS) is 18.8. The van der Waals surface area contributed by atoms with E-state index < -0.39 is 23.3 Å². The van der Waals surface area contributed by atoms with Crippen LogP contribution in [-0.2, 0) is 9.53 Å². The molecule has 1 rings (SSSR count). The van der Waals surface area contributed by atoms with Crippen molar-refractivity contribution in [2.24, 2.45) is 0 Å². The van der Waals surface area contributed by atoms with Gasteiger partial charge in [-0.25, -0.2) is 9.18 Å². The quantitative estimate of drug-likeness (QED) is 0.382. The fourth-order valence-electron chi connectivity index (χ4n) is 1.62. The Kier molecular flexibility index (Phi) is 5.70. The van der Waals surface area contributed by atoms with Crippen LogP contribution in [-0.4, -0.2) is 41.3 Å². The summed E-state index contributed by atoms with van der Waals surface area (Å²) in [5, 5.41) is 10.5. The van der Waals surface area contributed by atoms with Crippen LogP contribution in [0.25, 0.3) is 0 Å². The summed E-state index contributed by atoms with van der Waals surface area (Å²) < 4.78 is 19.2. The molecule has 1 saturated heterocycles. The summed E-state index contributed by atoms with van der Waals surface area (Å²) in [6, 6.07) is 0. The second kappa shape index (κ2) is 5.94. The molecule has 0 spiro atoms. The van der Waals surface area contributed by atoms with Crippen LogP contribution in [0.1, 0.15) is 33.6 Å². The summed E-state index contributed by atoms with van der Waals surface area (Å²) in [4.78, 5) is 23.2. The van der Waals surface area contributed by atoms with Crippen molar-refractivity contribution in [2.75, 3.05) is 13.1 Å². The van der Waals surface area contributed by atoms with E-state index in [-0.39, 0.29) is 44.8 Å². The van der Waals surface area contributed by atoms with Crippen LogP contribution >= 0.6 is 0 Å². The molecule has 0 aromatic rings. The van der Waals surface area contributed by atoms with E-state index in [0.29, 0.717) is 0 Å². The topological polar surface area (TPSA) is 69.7 Å².